The van der Waals surface area contributed by atoms with E-state index in [4.69, 9.17) is 4.84 Å². The molecule has 0 aromatic carbocycles. The molecule has 1 fully saturated rings. The van der Waals surface area contributed by atoms with Crippen molar-refractivity contribution >= 4 is 23.8 Å². The van der Waals surface area contributed by atoms with Gasteiger partial charge in [0.2, 0.25) is 0 Å². The van der Waals surface area contributed by atoms with E-state index in [-0.39, 0.29) is 19.3 Å². The van der Waals surface area contributed by atoms with E-state index >= 15 is 0 Å². The predicted octanol–water partition coefficient (Wildman–Crippen LogP) is 3.22. The monoisotopic (exact) mass is 355 g/mol. The maximum absolute atomic E-state index is 11.9. The minimum atomic E-state index is -1.34. The number of carbonyl (C=O) groups excluding carboxylic acids is 3. The maximum atomic E-state index is 11.9. The van der Waals surface area contributed by atoms with Crippen LogP contribution >= 0.6 is 0 Å². The van der Waals surface area contributed by atoms with Crippen molar-refractivity contribution in [3.05, 3.63) is 0 Å². The Morgan fingerprint density at radius 3 is 1.92 bits per heavy atom. The van der Waals surface area contributed by atoms with Gasteiger partial charge in [-0.05, 0) is 6.42 Å². The molecule has 25 heavy (non-hydrogen) atoms. The van der Waals surface area contributed by atoms with Crippen LogP contribution in [0.1, 0.15) is 84.0 Å². The molecule has 1 heterocycles. The van der Waals surface area contributed by atoms with Gasteiger partial charge >= 0.3 is 11.9 Å². The van der Waals surface area contributed by atoms with Crippen LogP contribution in [-0.4, -0.2) is 33.9 Å². The molecule has 1 aliphatic rings. The number of aliphatic carboxylic acids is 1. The van der Waals surface area contributed by atoms with Gasteiger partial charge in [0.15, 0.2) is 5.92 Å². The third-order valence-corrected chi connectivity index (χ3v) is 4.37. The number of hydrogen-bond donors (Lipinski definition) is 1. The van der Waals surface area contributed by atoms with Gasteiger partial charge in [-0.2, -0.15) is 0 Å². The standard InChI is InChI=1S/C18H29NO6/c1-2-3-4-5-6-7-8-9-10-11-14(17(22)23)18(24)25-19-15(20)12-13-16(19)21/h14H,2-13H2,1H3,(H,22,23). The SMILES string of the molecule is CCCCCCCCCCCC(C(=O)O)C(=O)ON1C(=O)CCC1=O. The maximum Gasteiger partial charge on any atom is 0.347 e. The number of hydroxylamine groups is 2. The van der Waals surface area contributed by atoms with Crippen LogP contribution in [0.3, 0.4) is 0 Å². The zero-order valence-electron chi connectivity index (χ0n) is 15.0. The van der Waals surface area contributed by atoms with Gasteiger partial charge < -0.3 is 9.94 Å². The van der Waals surface area contributed by atoms with Crippen molar-refractivity contribution in [2.75, 3.05) is 0 Å². The summed E-state index contributed by atoms with van der Waals surface area (Å²) in [6.45, 7) is 2.18. The molecule has 1 rings (SSSR count). The van der Waals surface area contributed by atoms with Gasteiger partial charge in [-0.3, -0.25) is 14.4 Å². The number of unbranched alkanes of at least 4 members (excludes halogenated alkanes) is 8. The number of rotatable bonds is 13. The Labute approximate surface area is 148 Å². The van der Waals surface area contributed by atoms with Gasteiger partial charge in [0.05, 0.1) is 0 Å². The quantitative estimate of drug-likeness (QED) is 0.309. The lowest BCUT2D eigenvalue weighted by Gasteiger charge is -2.16. The van der Waals surface area contributed by atoms with Crippen LogP contribution in [0.5, 0.6) is 0 Å². The lowest BCUT2D eigenvalue weighted by molar-refractivity contribution is -0.202. The number of imide groups is 1. The molecule has 0 aliphatic carbocycles. The molecule has 1 atom stereocenters. The molecule has 142 valence electrons. The van der Waals surface area contributed by atoms with E-state index in [0.717, 1.165) is 19.3 Å². The first kappa shape index (κ1) is 21.1. The van der Waals surface area contributed by atoms with E-state index < -0.39 is 29.7 Å². The molecular formula is C18H29NO6. The van der Waals surface area contributed by atoms with Crippen molar-refractivity contribution in [2.45, 2.75) is 84.0 Å². The summed E-state index contributed by atoms with van der Waals surface area (Å²) in [5, 5.41) is 9.58. The Bertz CT molecular complexity index is 460. The fourth-order valence-electron chi connectivity index (χ4n) is 2.81. The first-order valence-corrected chi connectivity index (χ1v) is 9.27. The normalized spacial score (nSPS) is 15.5. The molecule has 7 nitrogen and oxygen atoms in total. The molecule has 0 aromatic rings. The second-order valence-electron chi connectivity index (χ2n) is 6.50. The molecule has 1 N–H and O–H groups in total. The van der Waals surface area contributed by atoms with Gasteiger partial charge in [0.25, 0.3) is 11.8 Å². The number of carboxylic acids is 1. The Kier molecular flexibility index (Phi) is 9.80. The Morgan fingerprint density at radius 1 is 0.960 bits per heavy atom. The summed E-state index contributed by atoms with van der Waals surface area (Å²) in [5.41, 5.74) is 0. The molecule has 0 spiro atoms. The fourth-order valence-corrected chi connectivity index (χ4v) is 2.81. The van der Waals surface area contributed by atoms with Crippen LogP contribution in [0.15, 0.2) is 0 Å². The highest BCUT2D eigenvalue weighted by molar-refractivity contribution is 6.02. The van der Waals surface area contributed by atoms with Gasteiger partial charge in [0.1, 0.15) is 0 Å². The summed E-state index contributed by atoms with van der Waals surface area (Å²) in [4.78, 5) is 50.8. The van der Waals surface area contributed by atoms with Crippen molar-refractivity contribution in [1.82, 2.24) is 5.06 Å². The number of carbonyl (C=O) groups is 4. The predicted molar refractivity (Wildman–Crippen MR) is 90.1 cm³/mol. The highest BCUT2D eigenvalue weighted by atomic mass is 16.7. The second-order valence-corrected chi connectivity index (χ2v) is 6.50. The van der Waals surface area contributed by atoms with Gasteiger partial charge in [-0.25, -0.2) is 4.79 Å². The van der Waals surface area contributed by atoms with Gasteiger partial charge in [0, 0.05) is 12.8 Å². The molecule has 1 saturated heterocycles. The average Bonchev–Trinajstić information content (AvgIpc) is 2.88. The number of carboxylic acid groups (broad SMARTS) is 1. The van der Waals surface area contributed by atoms with Crippen LogP contribution in [0.2, 0.25) is 0 Å². The van der Waals surface area contributed by atoms with Crippen molar-refractivity contribution in [1.29, 1.82) is 0 Å². The van der Waals surface area contributed by atoms with E-state index in [0.29, 0.717) is 11.5 Å². The Balaban J connectivity index is 2.25. The third kappa shape index (κ3) is 7.67. The lowest BCUT2D eigenvalue weighted by atomic mass is 10.00. The molecule has 7 heteroatoms. The average molecular weight is 355 g/mol. The van der Waals surface area contributed by atoms with Crippen molar-refractivity contribution < 1.29 is 29.1 Å². The van der Waals surface area contributed by atoms with E-state index in [1.54, 1.807) is 0 Å². The van der Waals surface area contributed by atoms with Crippen molar-refractivity contribution in [3.63, 3.8) is 0 Å². The summed E-state index contributed by atoms with van der Waals surface area (Å²) in [5.74, 6) is -4.89. The second kappa shape index (κ2) is 11.6. The highest BCUT2D eigenvalue weighted by Crippen LogP contribution is 2.18. The van der Waals surface area contributed by atoms with Crippen LogP contribution in [0.4, 0.5) is 0 Å². The zero-order valence-corrected chi connectivity index (χ0v) is 15.0. The minimum absolute atomic E-state index is 0.0118. The number of hydrogen-bond acceptors (Lipinski definition) is 5. The molecule has 0 aromatic heterocycles. The molecule has 2 amide bonds. The zero-order chi connectivity index (χ0) is 18.7. The van der Waals surface area contributed by atoms with Crippen LogP contribution in [0, 0.1) is 5.92 Å². The first-order valence-electron chi connectivity index (χ1n) is 9.27. The van der Waals surface area contributed by atoms with Gasteiger partial charge in [-0.15, -0.1) is 5.06 Å². The number of nitrogens with zero attached hydrogens (tertiary/aromatic N) is 1. The highest BCUT2D eigenvalue weighted by Gasteiger charge is 2.36. The summed E-state index contributed by atoms with van der Waals surface area (Å²) >= 11 is 0. The molecular weight excluding hydrogens is 326 g/mol. The summed E-state index contributed by atoms with van der Waals surface area (Å²) < 4.78 is 0. The fraction of sp³-hybridized carbons (Fsp3) is 0.778. The minimum Gasteiger partial charge on any atom is -0.481 e. The molecule has 1 aliphatic heterocycles. The number of amides is 2. The third-order valence-electron chi connectivity index (χ3n) is 4.37. The van der Waals surface area contributed by atoms with E-state index in [9.17, 15) is 24.3 Å². The lowest BCUT2D eigenvalue weighted by Crippen LogP contribution is -2.36. The Morgan fingerprint density at radius 2 is 1.44 bits per heavy atom. The molecule has 0 saturated carbocycles. The van der Waals surface area contributed by atoms with Gasteiger partial charge in [-0.1, -0.05) is 64.7 Å². The van der Waals surface area contributed by atoms with E-state index in [2.05, 4.69) is 6.92 Å². The smallest absolute Gasteiger partial charge is 0.347 e. The molecule has 0 bridgehead atoms. The molecule has 0 radical (unpaired) electrons. The van der Waals surface area contributed by atoms with Crippen molar-refractivity contribution in [2.24, 2.45) is 5.92 Å². The van der Waals surface area contributed by atoms with Crippen LogP contribution in [-0.2, 0) is 24.0 Å². The van der Waals surface area contributed by atoms with E-state index in [1.165, 1.54) is 32.1 Å². The largest absolute Gasteiger partial charge is 0.481 e. The van der Waals surface area contributed by atoms with E-state index in [1.807, 2.05) is 0 Å². The topological polar surface area (TPSA) is 101 Å². The molecule has 1 unspecified atom stereocenters. The van der Waals surface area contributed by atoms with Crippen LogP contribution in [0.25, 0.3) is 0 Å². The Hall–Kier alpha value is -1.92. The summed E-state index contributed by atoms with van der Waals surface area (Å²) in [6, 6.07) is 0. The summed E-state index contributed by atoms with van der Waals surface area (Å²) in [6.07, 6.45) is 9.88. The van der Waals surface area contributed by atoms with Crippen LogP contribution < -0.4 is 0 Å². The first-order chi connectivity index (χ1) is 12.0. The van der Waals surface area contributed by atoms with Crippen molar-refractivity contribution in [3.8, 4) is 0 Å². The summed E-state index contributed by atoms with van der Waals surface area (Å²) in [7, 11) is 0.